The van der Waals surface area contributed by atoms with E-state index in [1.165, 1.54) is 6.42 Å². The maximum atomic E-state index is 8.99. The molecule has 1 N–H and O–H groups in total. The molecule has 0 bridgehead atoms. The van der Waals surface area contributed by atoms with Crippen LogP contribution in [0.4, 0.5) is 0 Å². The highest BCUT2D eigenvalue weighted by atomic mass is 16.5. The first-order valence-corrected chi connectivity index (χ1v) is 6.09. The van der Waals surface area contributed by atoms with Crippen molar-refractivity contribution in [2.24, 2.45) is 0 Å². The molecule has 1 rings (SSSR count). The minimum Gasteiger partial charge on any atom is -0.481 e. The zero-order valence-corrected chi connectivity index (χ0v) is 10.3. The Labute approximate surface area is 103 Å². The quantitative estimate of drug-likeness (QED) is 0.707. The van der Waals surface area contributed by atoms with E-state index >= 15 is 0 Å². The van der Waals surface area contributed by atoms with Gasteiger partial charge in [0.05, 0.1) is 0 Å². The van der Waals surface area contributed by atoms with Gasteiger partial charge in [-0.3, -0.25) is 0 Å². The smallest absolute Gasteiger partial charge is 0.281 e. The summed E-state index contributed by atoms with van der Waals surface area (Å²) in [6.45, 7) is 2.17. The topological polar surface area (TPSA) is 33.4 Å². The molecule has 0 aliphatic heterocycles. The van der Waals surface area contributed by atoms with Gasteiger partial charge < -0.3 is 9.52 Å². The van der Waals surface area contributed by atoms with Gasteiger partial charge in [0, 0.05) is 12.5 Å². The van der Waals surface area contributed by atoms with E-state index in [2.05, 4.69) is 25.2 Å². The fourth-order valence-electron chi connectivity index (χ4n) is 1.37. The number of hydrogen-bond acceptors (Lipinski definition) is 2. The van der Waals surface area contributed by atoms with Crippen LogP contribution in [0.25, 0.3) is 0 Å². The normalized spacial score (nSPS) is 12.3. The maximum absolute atomic E-state index is 8.99. The molecule has 0 fully saturated rings. The van der Waals surface area contributed by atoms with Crippen LogP contribution in [0.15, 0.2) is 53.0 Å². The number of unbranched alkanes of at least 4 members (excludes halogenated alkanes) is 1. The monoisotopic (exact) mass is 232 g/mol. The lowest BCUT2D eigenvalue weighted by Gasteiger charge is -1.89. The van der Waals surface area contributed by atoms with Crippen LogP contribution >= 0.6 is 0 Å². The van der Waals surface area contributed by atoms with Crippen molar-refractivity contribution in [3.05, 3.63) is 54.3 Å². The SMILES string of the molecule is CCCC=CC=CC=CCCc1ccc(O)o1. The molecule has 92 valence electrons. The third-order valence-corrected chi connectivity index (χ3v) is 2.27. The Morgan fingerprint density at radius 3 is 2.35 bits per heavy atom. The van der Waals surface area contributed by atoms with Gasteiger partial charge in [0.2, 0.25) is 0 Å². The largest absolute Gasteiger partial charge is 0.481 e. The van der Waals surface area contributed by atoms with Crippen LogP contribution in [-0.2, 0) is 6.42 Å². The Kier molecular flexibility index (Phi) is 6.64. The molecule has 0 aliphatic rings. The average molecular weight is 232 g/mol. The van der Waals surface area contributed by atoms with Crippen LogP contribution in [0.1, 0.15) is 31.9 Å². The van der Waals surface area contributed by atoms with Crippen LogP contribution in [0, 0.1) is 0 Å². The number of allylic oxidation sites excluding steroid dienone is 6. The molecule has 0 amide bonds. The molecule has 1 aromatic heterocycles. The molecule has 1 aromatic rings. The van der Waals surface area contributed by atoms with Gasteiger partial charge in [-0.1, -0.05) is 49.8 Å². The van der Waals surface area contributed by atoms with Gasteiger partial charge in [-0.15, -0.1) is 0 Å². The standard InChI is InChI=1S/C15H20O2/c1-2-3-4-5-6-7-8-9-10-11-14-12-13-15(16)17-14/h4-9,12-13,16H,2-3,10-11H2,1H3. The zero-order valence-electron chi connectivity index (χ0n) is 10.3. The highest BCUT2D eigenvalue weighted by Gasteiger charge is 1.97. The van der Waals surface area contributed by atoms with E-state index in [9.17, 15) is 0 Å². The predicted molar refractivity (Wildman–Crippen MR) is 71.0 cm³/mol. The molecule has 0 atom stereocenters. The van der Waals surface area contributed by atoms with E-state index in [1.54, 1.807) is 12.1 Å². The molecule has 0 saturated carbocycles. The van der Waals surface area contributed by atoms with Crippen molar-refractivity contribution in [2.75, 3.05) is 0 Å². The van der Waals surface area contributed by atoms with Crippen molar-refractivity contribution < 1.29 is 9.52 Å². The second-order valence-corrected chi connectivity index (χ2v) is 3.81. The molecular weight excluding hydrogens is 212 g/mol. The molecule has 2 heteroatoms. The summed E-state index contributed by atoms with van der Waals surface area (Å²) in [5.41, 5.74) is 0. The first-order valence-electron chi connectivity index (χ1n) is 6.09. The van der Waals surface area contributed by atoms with Gasteiger partial charge >= 0.3 is 0 Å². The molecular formula is C15H20O2. The summed E-state index contributed by atoms with van der Waals surface area (Å²) in [6, 6.07) is 3.37. The van der Waals surface area contributed by atoms with Crippen molar-refractivity contribution in [1.82, 2.24) is 0 Å². The Hall–Kier alpha value is -1.70. The van der Waals surface area contributed by atoms with E-state index in [0.717, 1.165) is 25.0 Å². The Bertz CT molecular complexity index is 383. The van der Waals surface area contributed by atoms with Gasteiger partial charge in [-0.25, -0.2) is 0 Å². The fraction of sp³-hybridized carbons (Fsp3) is 0.333. The van der Waals surface area contributed by atoms with E-state index in [0.29, 0.717) is 0 Å². The summed E-state index contributed by atoms with van der Waals surface area (Å²) in [5, 5.41) is 8.99. The summed E-state index contributed by atoms with van der Waals surface area (Å²) >= 11 is 0. The van der Waals surface area contributed by atoms with Crippen molar-refractivity contribution in [1.29, 1.82) is 0 Å². The van der Waals surface area contributed by atoms with Gasteiger partial charge in [0.25, 0.3) is 5.95 Å². The van der Waals surface area contributed by atoms with Crippen molar-refractivity contribution >= 4 is 0 Å². The third kappa shape index (κ3) is 6.46. The lowest BCUT2D eigenvalue weighted by molar-refractivity contribution is 0.319. The van der Waals surface area contributed by atoms with Gasteiger partial charge in [0.15, 0.2) is 0 Å². The van der Waals surface area contributed by atoms with E-state index < -0.39 is 0 Å². The van der Waals surface area contributed by atoms with Crippen molar-refractivity contribution in [3.63, 3.8) is 0 Å². The van der Waals surface area contributed by atoms with Gasteiger partial charge in [-0.05, 0) is 18.9 Å². The number of furan rings is 1. The molecule has 1 heterocycles. The molecule has 0 saturated heterocycles. The minimum atomic E-state index is -0.00932. The molecule has 17 heavy (non-hydrogen) atoms. The Morgan fingerprint density at radius 2 is 1.76 bits per heavy atom. The van der Waals surface area contributed by atoms with Crippen LogP contribution in [0.3, 0.4) is 0 Å². The van der Waals surface area contributed by atoms with E-state index in [1.807, 2.05) is 18.2 Å². The van der Waals surface area contributed by atoms with Crippen molar-refractivity contribution in [3.8, 4) is 5.95 Å². The molecule has 0 aliphatic carbocycles. The Morgan fingerprint density at radius 1 is 1.06 bits per heavy atom. The average Bonchev–Trinajstić information content (AvgIpc) is 2.73. The number of rotatable bonds is 7. The predicted octanol–water partition coefficient (Wildman–Crippen LogP) is 4.39. The zero-order chi connectivity index (χ0) is 12.3. The maximum Gasteiger partial charge on any atom is 0.281 e. The van der Waals surface area contributed by atoms with Gasteiger partial charge in [0.1, 0.15) is 5.76 Å². The van der Waals surface area contributed by atoms with E-state index in [-0.39, 0.29) is 5.95 Å². The molecule has 2 nitrogen and oxygen atoms in total. The van der Waals surface area contributed by atoms with Crippen molar-refractivity contribution in [2.45, 2.75) is 32.6 Å². The summed E-state index contributed by atoms with van der Waals surface area (Å²) in [7, 11) is 0. The Balaban J connectivity index is 2.14. The second-order valence-electron chi connectivity index (χ2n) is 3.81. The van der Waals surface area contributed by atoms with E-state index in [4.69, 9.17) is 9.52 Å². The second kappa shape index (κ2) is 8.45. The molecule has 0 radical (unpaired) electrons. The summed E-state index contributed by atoms with van der Waals surface area (Å²) < 4.78 is 5.05. The molecule has 0 spiro atoms. The number of aryl methyl sites for hydroxylation is 1. The van der Waals surface area contributed by atoms with Crippen LogP contribution in [0.5, 0.6) is 5.95 Å². The first-order chi connectivity index (χ1) is 8.33. The summed E-state index contributed by atoms with van der Waals surface area (Å²) in [6.07, 6.45) is 16.5. The summed E-state index contributed by atoms with van der Waals surface area (Å²) in [4.78, 5) is 0. The minimum absolute atomic E-state index is 0.00932. The first kappa shape index (κ1) is 13.4. The highest BCUT2D eigenvalue weighted by molar-refractivity contribution is 5.13. The molecule has 0 unspecified atom stereocenters. The highest BCUT2D eigenvalue weighted by Crippen LogP contribution is 2.14. The van der Waals surface area contributed by atoms with Crippen LogP contribution in [-0.4, -0.2) is 5.11 Å². The summed E-state index contributed by atoms with van der Waals surface area (Å²) in [5.74, 6) is 0.809. The van der Waals surface area contributed by atoms with Crippen LogP contribution < -0.4 is 0 Å². The number of hydrogen-bond donors (Lipinski definition) is 1. The fourth-order valence-corrected chi connectivity index (χ4v) is 1.37. The lowest BCUT2D eigenvalue weighted by atomic mass is 10.2. The van der Waals surface area contributed by atoms with Gasteiger partial charge in [-0.2, -0.15) is 0 Å². The third-order valence-electron chi connectivity index (χ3n) is 2.27. The molecule has 0 aromatic carbocycles. The lowest BCUT2D eigenvalue weighted by Crippen LogP contribution is -1.76. The van der Waals surface area contributed by atoms with Crippen LogP contribution in [0.2, 0.25) is 0 Å². The number of aromatic hydroxyl groups is 1.